The third-order valence-corrected chi connectivity index (χ3v) is 3.78. The molecule has 0 heterocycles. The molecule has 0 spiro atoms. The van der Waals surface area contributed by atoms with Crippen LogP contribution in [0.1, 0.15) is 38.3 Å². The van der Waals surface area contributed by atoms with Gasteiger partial charge in [-0.2, -0.15) is 0 Å². The molecular weight excluding hydrogens is 342 g/mol. The van der Waals surface area contributed by atoms with Crippen molar-refractivity contribution in [3.05, 3.63) is 71.8 Å². The maximum Gasteiger partial charge on any atom is 0.307 e. The standard InChI is InChI=1S/C22H27NO4/c1-22(2,3)27-20(24)15-19(14-17-10-6-4-7-11-17)21(25)23-26-16-18-12-8-5-9-13-18/h4-13,19H,14-16H2,1-3H3,(H,23,25)/t19-/m1/s1. The van der Waals surface area contributed by atoms with Gasteiger partial charge in [0.2, 0.25) is 5.91 Å². The molecule has 1 amide bonds. The first-order valence-electron chi connectivity index (χ1n) is 9.05. The Morgan fingerprint density at radius 1 is 0.926 bits per heavy atom. The first kappa shape index (κ1) is 20.6. The van der Waals surface area contributed by atoms with E-state index in [0.29, 0.717) is 6.42 Å². The second kappa shape index (κ2) is 9.88. The van der Waals surface area contributed by atoms with Crippen molar-refractivity contribution < 1.29 is 19.2 Å². The van der Waals surface area contributed by atoms with Crippen molar-refractivity contribution >= 4 is 11.9 Å². The number of hydrogen-bond acceptors (Lipinski definition) is 4. The monoisotopic (exact) mass is 369 g/mol. The highest BCUT2D eigenvalue weighted by Gasteiger charge is 2.26. The van der Waals surface area contributed by atoms with E-state index in [4.69, 9.17) is 9.57 Å². The van der Waals surface area contributed by atoms with Crippen LogP contribution in [-0.2, 0) is 32.2 Å². The molecule has 27 heavy (non-hydrogen) atoms. The lowest BCUT2D eigenvalue weighted by Crippen LogP contribution is -2.35. The van der Waals surface area contributed by atoms with Gasteiger partial charge in [0.15, 0.2) is 0 Å². The molecule has 0 saturated heterocycles. The zero-order valence-corrected chi connectivity index (χ0v) is 16.1. The minimum absolute atomic E-state index is 0.00725. The molecular formula is C22H27NO4. The Hall–Kier alpha value is -2.66. The van der Waals surface area contributed by atoms with Crippen molar-refractivity contribution in [2.45, 2.75) is 45.8 Å². The number of carbonyl (C=O) groups excluding carboxylic acids is 2. The van der Waals surface area contributed by atoms with Crippen molar-refractivity contribution in [2.24, 2.45) is 5.92 Å². The minimum Gasteiger partial charge on any atom is -0.460 e. The Balaban J connectivity index is 1.96. The number of amides is 1. The lowest BCUT2D eigenvalue weighted by Gasteiger charge is -2.22. The predicted molar refractivity (Wildman–Crippen MR) is 103 cm³/mol. The fourth-order valence-electron chi connectivity index (χ4n) is 2.59. The summed E-state index contributed by atoms with van der Waals surface area (Å²) in [6, 6.07) is 19.1. The van der Waals surface area contributed by atoms with Crippen molar-refractivity contribution in [3.8, 4) is 0 Å². The Bertz CT molecular complexity index is 723. The van der Waals surface area contributed by atoms with Crippen molar-refractivity contribution in [1.82, 2.24) is 5.48 Å². The van der Waals surface area contributed by atoms with Crippen LogP contribution in [0.5, 0.6) is 0 Å². The summed E-state index contributed by atoms with van der Waals surface area (Å²) in [6.07, 6.45) is 0.424. The molecule has 0 saturated carbocycles. The molecule has 2 aromatic carbocycles. The van der Waals surface area contributed by atoms with Gasteiger partial charge in [-0.05, 0) is 38.3 Å². The highest BCUT2D eigenvalue weighted by Crippen LogP contribution is 2.17. The third kappa shape index (κ3) is 8.05. The SMILES string of the molecule is CC(C)(C)OC(=O)C[C@@H](Cc1ccccc1)C(=O)NOCc1ccccc1. The molecule has 5 nitrogen and oxygen atoms in total. The molecule has 5 heteroatoms. The lowest BCUT2D eigenvalue weighted by atomic mass is 9.95. The number of rotatable bonds is 8. The maximum absolute atomic E-state index is 12.6. The Morgan fingerprint density at radius 2 is 1.48 bits per heavy atom. The smallest absolute Gasteiger partial charge is 0.307 e. The summed E-state index contributed by atoms with van der Waals surface area (Å²) in [4.78, 5) is 30.1. The maximum atomic E-state index is 12.6. The molecule has 2 rings (SSSR count). The van der Waals surface area contributed by atoms with E-state index >= 15 is 0 Å². The average molecular weight is 369 g/mol. The van der Waals surface area contributed by atoms with Crippen LogP contribution in [0.3, 0.4) is 0 Å². The summed E-state index contributed by atoms with van der Waals surface area (Å²) in [6.45, 7) is 5.68. The van der Waals surface area contributed by atoms with E-state index in [2.05, 4.69) is 5.48 Å². The van der Waals surface area contributed by atoms with Gasteiger partial charge in [0.05, 0.1) is 18.9 Å². The van der Waals surface area contributed by atoms with Crippen LogP contribution in [0, 0.1) is 5.92 Å². The summed E-state index contributed by atoms with van der Waals surface area (Å²) in [5, 5.41) is 0. The zero-order valence-electron chi connectivity index (χ0n) is 16.1. The molecule has 0 aliphatic carbocycles. The average Bonchev–Trinajstić information content (AvgIpc) is 2.61. The van der Waals surface area contributed by atoms with E-state index in [0.717, 1.165) is 11.1 Å². The first-order valence-corrected chi connectivity index (χ1v) is 9.05. The number of benzene rings is 2. The molecule has 0 radical (unpaired) electrons. The van der Waals surface area contributed by atoms with Gasteiger partial charge in [0.1, 0.15) is 5.60 Å². The summed E-state index contributed by atoms with van der Waals surface area (Å²) in [5.41, 5.74) is 3.81. The van der Waals surface area contributed by atoms with E-state index in [1.807, 2.05) is 60.7 Å². The number of esters is 1. The van der Waals surface area contributed by atoms with Gasteiger partial charge in [-0.15, -0.1) is 0 Å². The van der Waals surface area contributed by atoms with Gasteiger partial charge >= 0.3 is 5.97 Å². The molecule has 2 aromatic rings. The molecule has 1 atom stereocenters. The van der Waals surface area contributed by atoms with Crippen molar-refractivity contribution in [2.75, 3.05) is 0 Å². The molecule has 1 N–H and O–H groups in total. The van der Waals surface area contributed by atoms with E-state index in [-0.39, 0.29) is 18.9 Å². The number of nitrogens with one attached hydrogen (secondary N) is 1. The van der Waals surface area contributed by atoms with E-state index in [9.17, 15) is 9.59 Å². The van der Waals surface area contributed by atoms with E-state index in [1.54, 1.807) is 20.8 Å². The molecule has 0 bridgehead atoms. The van der Waals surface area contributed by atoms with Gasteiger partial charge < -0.3 is 4.74 Å². The summed E-state index contributed by atoms with van der Waals surface area (Å²) >= 11 is 0. The molecule has 0 unspecified atom stereocenters. The molecule has 0 aliphatic rings. The summed E-state index contributed by atoms with van der Waals surface area (Å²) in [5.74, 6) is -1.31. The van der Waals surface area contributed by atoms with Gasteiger partial charge in [-0.25, -0.2) is 5.48 Å². The fourth-order valence-corrected chi connectivity index (χ4v) is 2.59. The normalized spacial score (nSPS) is 12.3. The predicted octanol–water partition coefficient (Wildman–Crippen LogP) is 3.83. The Labute approximate surface area is 160 Å². The first-order chi connectivity index (χ1) is 12.8. The third-order valence-electron chi connectivity index (χ3n) is 3.78. The van der Waals surface area contributed by atoms with Crippen LogP contribution in [0.25, 0.3) is 0 Å². The van der Waals surface area contributed by atoms with E-state index < -0.39 is 17.5 Å². The highest BCUT2D eigenvalue weighted by molar-refractivity contribution is 5.83. The molecule has 0 aliphatic heterocycles. The molecule has 0 aromatic heterocycles. The quantitative estimate of drug-likeness (QED) is 0.567. The minimum atomic E-state index is -0.589. The van der Waals surface area contributed by atoms with Crippen molar-refractivity contribution in [1.29, 1.82) is 0 Å². The Morgan fingerprint density at radius 3 is 2.04 bits per heavy atom. The van der Waals surface area contributed by atoms with Crippen LogP contribution < -0.4 is 5.48 Å². The second-order valence-electron chi connectivity index (χ2n) is 7.42. The molecule has 0 fully saturated rings. The highest BCUT2D eigenvalue weighted by atomic mass is 16.6. The second-order valence-corrected chi connectivity index (χ2v) is 7.42. The summed E-state index contributed by atoms with van der Waals surface area (Å²) in [7, 11) is 0. The lowest BCUT2D eigenvalue weighted by molar-refractivity contribution is -0.158. The summed E-state index contributed by atoms with van der Waals surface area (Å²) < 4.78 is 5.37. The van der Waals surface area contributed by atoms with Gasteiger partial charge in [0.25, 0.3) is 0 Å². The van der Waals surface area contributed by atoms with E-state index in [1.165, 1.54) is 0 Å². The number of ether oxygens (including phenoxy) is 1. The van der Waals surface area contributed by atoms with Crippen LogP contribution >= 0.6 is 0 Å². The van der Waals surface area contributed by atoms with Crippen LogP contribution in [0.4, 0.5) is 0 Å². The van der Waals surface area contributed by atoms with Gasteiger partial charge in [-0.3, -0.25) is 14.4 Å². The largest absolute Gasteiger partial charge is 0.460 e. The van der Waals surface area contributed by atoms with Crippen LogP contribution in [-0.4, -0.2) is 17.5 Å². The van der Waals surface area contributed by atoms with Gasteiger partial charge in [0, 0.05) is 0 Å². The van der Waals surface area contributed by atoms with Crippen LogP contribution in [0.15, 0.2) is 60.7 Å². The Kier molecular flexibility index (Phi) is 7.55. The number of carbonyl (C=O) groups is 2. The van der Waals surface area contributed by atoms with Crippen LogP contribution in [0.2, 0.25) is 0 Å². The topological polar surface area (TPSA) is 64.6 Å². The van der Waals surface area contributed by atoms with Crippen molar-refractivity contribution in [3.63, 3.8) is 0 Å². The van der Waals surface area contributed by atoms with Gasteiger partial charge in [-0.1, -0.05) is 60.7 Å². The number of hydrogen-bond donors (Lipinski definition) is 1. The fraction of sp³-hybridized carbons (Fsp3) is 0.364. The number of hydroxylamine groups is 1. The zero-order chi connectivity index (χ0) is 19.7. The molecule has 144 valence electrons.